The second kappa shape index (κ2) is 5.89. The zero-order valence-corrected chi connectivity index (χ0v) is 12.6. The lowest BCUT2D eigenvalue weighted by Crippen LogP contribution is -2.29. The predicted octanol–water partition coefficient (Wildman–Crippen LogP) is 3.69. The third kappa shape index (κ3) is 2.55. The van der Waals surface area contributed by atoms with Gasteiger partial charge in [-0.15, -0.1) is 0 Å². The minimum atomic E-state index is -0.449. The van der Waals surface area contributed by atoms with Gasteiger partial charge in [0.05, 0.1) is 10.5 Å². The molecule has 0 radical (unpaired) electrons. The number of nitrogens with two attached hydrogens (primary N) is 1. The van der Waals surface area contributed by atoms with Gasteiger partial charge in [-0.2, -0.15) is 0 Å². The fourth-order valence-corrected chi connectivity index (χ4v) is 2.86. The first kappa shape index (κ1) is 14.1. The van der Waals surface area contributed by atoms with Crippen LogP contribution in [0.3, 0.4) is 0 Å². The Morgan fingerprint density at radius 3 is 2.67 bits per heavy atom. The molecule has 3 N–H and O–H groups in total. The summed E-state index contributed by atoms with van der Waals surface area (Å²) >= 11 is 3.21. The summed E-state index contributed by atoms with van der Waals surface area (Å²) in [6.45, 7) is 0. The second-order valence-corrected chi connectivity index (χ2v) is 5.54. The fourth-order valence-electron chi connectivity index (χ4n) is 2.48. The van der Waals surface area contributed by atoms with Gasteiger partial charge in [0.2, 0.25) is 0 Å². The van der Waals surface area contributed by atoms with Gasteiger partial charge in [0.15, 0.2) is 0 Å². The SMILES string of the molecule is NNC(c1cccc(Br)c1F)c1cccc2ccncc12. The lowest BCUT2D eigenvalue weighted by molar-refractivity contribution is 0.557. The van der Waals surface area contributed by atoms with Crippen LogP contribution in [0, 0.1) is 5.82 Å². The summed E-state index contributed by atoms with van der Waals surface area (Å²) < 4.78 is 14.8. The van der Waals surface area contributed by atoms with Gasteiger partial charge < -0.3 is 0 Å². The number of benzene rings is 2. The Morgan fingerprint density at radius 2 is 1.86 bits per heavy atom. The Morgan fingerprint density at radius 1 is 1.10 bits per heavy atom. The molecule has 0 saturated carbocycles. The van der Waals surface area contributed by atoms with E-state index in [0.29, 0.717) is 10.0 Å². The van der Waals surface area contributed by atoms with Crippen molar-refractivity contribution in [3.8, 4) is 0 Å². The standard InChI is InChI=1S/C16H13BrFN3/c17-14-6-2-5-12(15(14)18)16(21-19)11-4-1-3-10-7-8-20-9-13(10)11/h1-9,16,21H,19H2. The van der Waals surface area contributed by atoms with E-state index in [1.807, 2.05) is 24.3 Å². The number of hydrogen-bond donors (Lipinski definition) is 2. The molecule has 0 bridgehead atoms. The van der Waals surface area contributed by atoms with Crippen molar-refractivity contribution in [2.24, 2.45) is 5.84 Å². The summed E-state index contributed by atoms with van der Waals surface area (Å²) in [4.78, 5) is 4.15. The van der Waals surface area contributed by atoms with Crippen molar-refractivity contribution in [2.75, 3.05) is 0 Å². The molecule has 21 heavy (non-hydrogen) atoms. The molecule has 3 aromatic rings. The van der Waals surface area contributed by atoms with Gasteiger partial charge >= 0.3 is 0 Å². The molecule has 3 rings (SSSR count). The van der Waals surface area contributed by atoms with Crippen LogP contribution in [0.25, 0.3) is 10.8 Å². The topological polar surface area (TPSA) is 50.9 Å². The van der Waals surface area contributed by atoms with E-state index in [2.05, 4.69) is 26.3 Å². The van der Waals surface area contributed by atoms with E-state index < -0.39 is 6.04 Å². The number of rotatable bonds is 3. The van der Waals surface area contributed by atoms with Gasteiger partial charge in [-0.05, 0) is 39.0 Å². The smallest absolute Gasteiger partial charge is 0.142 e. The Labute approximate surface area is 130 Å². The van der Waals surface area contributed by atoms with Crippen LogP contribution in [0.4, 0.5) is 4.39 Å². The van der Waals surface area contributed by atoms with Crippen LogP contribution >= 0.6 is 15.9 Å². The second-order valence-electron chi connectivity index (χ2n) is 4.69. The molecule has 0 aliphatic heterocycles. The maximum absolute atomic E-state index is 14.4. The number of aromatic nitrogens is 1. The van der Waals surface area contributed by atoms with Crippen molar-refractivity contribution in [2.45, 2.75) is 6.04 Å². The predicted molar refractivity (Wildman–Crippen MR) is 85.0 cm³/mol. The Hall–Kier alpha value is -1.82. The van der Waals surface area contributed by atoms with Crippen molar-refractivity contribution in [3.05, 3.63) is 76.3 Å². The van der Waals surface area contributed by atoms with Crippen LogP contribution < -0.4 is 11.3 Å². The van der Waals surface area contributed by atoms with Gasteiger partial charge in [-0.1, -0.05) is 30.3 Å². The molecule has 5 heteroatoms. The van der Waals surface area contributed by atoms with E-state index in [-0.39, 0.29) is 5.82 Å². The number of hydrazine groups is 1. The molecule has 0 aliphatic rings. The lowest BCUT2D eigenvalue weighted by Gasteiger charge is -2.19. The highest BCUT2D eigenvalue weighted by atomic mass is 79.9. The van der Waals surface area contributed by atoms with Crippen LogP contribution in [-0.4, -0.2) is 4.98 Å². The van der Waals surface area contributed by atoms with Crippen LogP contribution in [0.15, 0.2) is 59.3 Å². The van der Waals surface area contributed by atoms with E-state index in [1.54, 1.807) is 30.6 Å². The normalized spacial score (nSPS) is 12.5. The van der Waals surface area contributed by atoms with Crippen LogP contribution in [-0.2, 0) is 0 Å². The molecule has 0 aliphatic carbocycles. The summed E-state index contributed by atoms with van der Waals surface area (Å²) in [5.74, 6) is 5.38. The summed E-state index contributed by atoms with van der Waals surface area (Å²) in [7, 11) is 0. The average molecular weight is 346 g/mol. The summed E-state index contributed by atoms with van der Waals surface area (Å²) in [5, 5.41) is 1.99. The molecule has 0 spiro atoms. The first-order chi connectivity index (χ1) is 10.2. The van der Waals surface area contributed by atoms with Crippen molar-refractivity contribution in [1.29, 1.82) is 0 Å². The maximum atomic E-state index is 14.4. The molecular formula is C16H13BrFN3. The number of fused-ring (bicyclic) bond motifs is 1. The van der Waals surface area contributed by atoms with Gasteiger partial charge in [-0.3, -0.25) is 10.8 Å². The highest BCUT2D eigenvalue weighted by Crippen LogP contribution is 2.31. The fraction of sp³-hybridized carbons (Fsp3) is 0.0625. The monoisotopic (exact) mass is 345 g/mol. The minimum absolute atomic E-state index is 0.318. The number of nitrogens with zero attached hydrogens (tertiary/aromatic N) is 1. The molecule has 0 fully saturated rings. The van der Waals surface area contributed by atoms with Crippen molar-refractivity contribution in [3.63, 3.8) is 0 Å². The number of halogens is 2. The zero-order chi connectivity index (χ0) is 14.8. The van der Waals surface area contributed by atoms with Gasteiger partial charge in [-0.25, -0.2) is 9.82 Å². The summed E-state index contributed by atoms with van der Waals surface area (Å²) in [5.41, 5.74) is 4.08. The first-order valence-corrected chi connectivity index (χ1v) is 7.24. The third-order valence-electron chi connectivity index (χ3n) is 3.49. The van der Waals surface area contributed by atoms with E-state index in [9.17, 15) is 4.39 Å². The maximum Gasteiger partial charge on any atom is 0.142 e. The molecule has 1 unspecified atom stereocenters. The largest absolute Gasteiger partial charge is 0.271 e. The van der Waals surface area contributed by atoms with E-state index >= 15 is 0 Å². The molecule has 1 aromatic heterocycles. The van der Waals surface area contributed by atoms with E-state index in [1.165, 1.54) is 0 Å². The van der Waals surface area contributed by atoms with Crippen LogP contribution in [0.5, 0.6) is 0 Å². The number of hydrogen-bond acceptors (Lipinski definition) is 3. The number of nitrogens with one attached hydrogen (secondary N) is 1. The molecule has 2 aromatic carbocycles. The van der Waals surface area contributed by atoms with Gasteiger partial charge in [0, 0.05) is 23.3 Å². The average Bonchev–Trinajstić information content (AvgIpc) is 2.52. The molecule has 0 saturated heterocycles. The Bertz CT molecular complexity index is 786. The van der Waals surface area contributed by atoms with Crippen LogP contribution in [0.1, 0.15) is 17.2 Å². The molecule has 1 atom stereocenters. The van der Waals surface area contributed by atoms with Crippen LogP contribution in [0.2, 0.25) is 0 Å². The van der Waals surface area contributed by atoms with E-state index in [0.717, 1.165) is 16.3 Å². The zero-order valence-electron chi connectivity index (χ0n) is 11.1. The molecule has 106 valence electrons. The molecule has 0 amide bonds. The lowest BCUT2D eigenvalue weighted by atomic mass is 9.95. The summed E-state index contributed by atoms with van der Waals surface area (Å²) in [6.07, 6.45) is 3.50. The Balaban J connectivity index is 2.21. The van der Waals surface area contributed by atoms with Crippen molar-refractivity contribution in [1.82, 2.24) is 10.4 Å². The highest BCUT2D eigenvalue weighted by Gasteiger charge is 2.19. The Kier molecular flexibility index (Phi) is 3.96. The summed E-state index contributed by atoms with van der Waals surface area (Å²) in [6, 6.07) is 12.5. The first-order valence-electron chi connectivity index (χ1n) is 6.45. The quantitative estimate of drug-likeness (QED) is 0.562. The van der Waals surface area contributed by atoms with E-state index in [4.69, 9.17) is 5.84 Å². The van der Waals surface area contributed by atoms with Gasteiger partial charge in [0.25, 0.3) is 0 Å². The molecule has 3 nitrogen and oxygen atoms in total. The molecular weight excluding hydrogens is 333 g/mol. The third-order valence-corrected chi connectivity index (χ3v) is 4.10. The molecule has 1 heterocycles. The van der Waals surface area contributed by atoms with Crippen molar-refractivity contribution < 1.29 is 4.39 Å². The highest BCUT2D eigenvalue weighted by molar-refractivity contribution is 9.10. The van der Waals surface area contributed by atoms with Crippen molar-refractivity contribution >= 4 is 26.7 Å². The number of pyridine rings is 1. The minimum Gasteiger partial charge on any atom is -0.271 e. The van der Waals surface area contributed by atoms with Gasteiger partial charge in [0.1, 0.15) is 5.82 Å².